The van der Waals surface area contributed by atoms with Crippen LogP contribution in [-0.4, -0.2) is 85.1 Å². The molecule has 4 amide bonds. The fraction of sp³-hybridized carbons (Fsp3) is 0.744. The Morgan fingerprint density at radius 1 is 0.720 bits per heavy atom. The number of ether oxygens (including phenoxy) is 3. The molecular weight excluding hydrogens is 636 g/mol. The first-order chi connectivity index (χ1) is 24.1. The van der Waals surface area contributed by atoms with E-state index in [-0.39, 0.29) is 50.2 Å². The predicted molar refractivity (Wildman–Crippen MR) is 199 cm³/mol. The Labute approximate surface area is 302 Å². The molecular formula is C39H68N4O7. The number of primary amides is 1. The maximum Gasteiger partial charge on any atom is 0.252 e. The van der Waals surface area contributed by atoms with Gasteiger partial charge < -0.3 is 35.1 Å². The van der Waals surface area contributed by atoms with Crippen LogP contribution in [0, 0.1) is 0 Å². The van der Waals surface area contributed by atoms with Gasteiger partial charge >= 0.3 is 0 Å². The van der Waals surface area contributed by atoms with Gasteiger partial charge in [-0.25, -0.2) is 0 Å². The van der Waals surface area contributed by atoms with Gasteiger partial charge in [-0.1, -0.05) is 85.6 Å². The second-order valence-electron chi connectivity index (χ2n) is 13.3. The van der Waals surface area contributed by atoms with Crippen LogP contribution in [0.1, 0.15) is 136 Å². The van der Waals surface area contributed by atoms with Crippen molar-refractivity contribution in [1.29, 1.82) is 0 Å². The summed E-state index contributed by atoms with van der Waals surface area (Å²) in [5.74, 6) is -0.523. The standard InChI is InChI=1S/C39H68N4O7/c1-7-12-17-18-31(6)50-34-24-32(26-41-37(45)29-48-30-38(46)42(20-14-9-3)21-15-10-4)23-33(25-34)27-43(22-16-11-5)39(47)35(19-13-8-2)49-28-36(40)44/h23-25,31,35H,7-22,26-30H2,1-6H3,(H2,40,44)(H,41,45). The normalized spacial score (nSPS) is 12.3. The van der Waals surface area contributed by atoms with Crippen LogP contribution >= 0.6 is 0 Å². The van der Waals surface area contributed by atoms with E-state index < -0.39 is 12.0 Å². The molecule has 0 aromatic heterocycles. The van der Waals surface area contributed by atoms with Gasteiger partial charge in [0.05, 0.1) is 6.10 Å². The number of carbonyl (C=O) groups is 4. The summed E-state index contributed by atoms with van der Waals surface area (Å²) in [5.41, 5.74) is 7.02. The zero-order valence-electron chi connectivity index (χ0n) is 32.1. The minimum atomic E-state index is -0.756. The average Bonchev–Trinajstić information content (AvgIpc) is 3.08. The highest BCUT2D eigenvalue weighted by Gasteiger charge is 2.26. The highest BCUT2D eigenvalue weighted by Crippen LogP contribution is 2.23. The van der Waals surface area contributed by atoms with Gasteiger partial charge in [0.25, 0.3) is 5.91 Å². The number of rotatable bonds is 30. The van der Waals surface area contributed by atoms with Gasteiger partial charge in [0.1, 0.15) is 31.7 Å². The number of nitrogens with two attached hydrogens (primary N) is 1. The molecule has 11 heteroatoms. The summed E-state index contributed by atoms with van der Waals surface area (Å²) >= 11 is 0. The van der Waals surface area contributed by atoms with E-state index in [0.29, 0.717) is 38.3 Å². The summed E-state index contributed by atoms with van der Waals surface area (Å²) in [7, 11) is 0. The number of unbranched alkanes of at least 4 members (excludes halogenated alkanes) is 6. The molecule has 1 aromatic rings. The number of benzene rings is 1. The topological polar surface area (TPSA) is 140 Å². The van der Waals surface area contributed by atoms with Crippen molar-refractivity contribution in [2.45, 2.75) is 150 Å². The average molecular weight is 705 g/mol. The molecule has 0 fully saturated rings. The van der Waals surface area contributed by atoms with Gasteiger partial charge in [0.15, 0.2) is 0 Å². The van der Waals surface area contributed by atoms with E-state index in [1.807, 2.05) is 30.0 Å². The van der Waals surface area contributed by atoms with Crippen LogP contribution in [0.25, 0.3) is 0 Å². The Morgan fingerprint density at radius 2 is 1.32 bits per heavy atom. The number of hydrogen-bond acceptors (Lipinski definition) is 7. The maximum absolute atomic E-state index is 13.8. The third kappa shape index (κ3) is 19.9. The van der Waals surface area contributed by atoms with Crippen molar-refractivity contribution in [2.75, 3.05) is 39.5 Å². The first-order valence-electron chi connectivity index (χ1n) is 19.2. The van der Waals surface area contributed by atoms with Crippen LogP contribution in [0.2, 0.25) is 0 Å². The van der Waals surface area contributed by atoms with Crippen LogP contribution < -0.4 is 15.8 Å². The van der Waals surface area contributed by atoms with Gasteiger partial charge in [-0.2, -0.15) is 0 Å². The van der Waals surface area contributed by atoms with Crippen molar-refractivity contribution in [3.05, 3.63) is 29.3 Å². The molecule has 286 valence electrons. The van der Waals surface area contributed by atoms with Gasteiger partial charge in [0.2, 0.25) is 17.7 Å². The van der Waals surface area contributed by atoms with E-state index >= 15 is 0 Å². The summed E-state index contributed by atoms with van der Waals surface area (Å²) < 4.78 is 17.6. The Kier molecular flexibility index (Phi) is 24.7. The quantitative estimate of drug-likeness (QED) is 0.0898. The lowest BCUT2D eigenvalue weighted by Crippen LogP contribution is -2.42. The Balaban J connectivity index is 3.11. The Morgan fingerprint density at radius 3 is 1.92 bits per heavy atom. The molecule has 0 aliphatic rings. The highest BCUT2D eigenvalue weighted by molar-refractivity contribution is 5.82. The smallest absolute Gasteiger partial charge is 0.252 e. The summed E-state index contributed by atoms with van der Waals surface area (Å²) in [6, 6.07) is 5.84. The van der Waals surface area contributed by atoms with Gasteiger partial charge in [-0.3, -0.25) is 19.2 Å². The monoisotopic (exact) mass is 705 g/mol. The van der Waals surface area contributed by atoms with E-state index in [4.69, 9.17) is 19.9 Å². The summed E-state index contributed by atoms with van der Waals surface area (Å²) in [6.45, 7) is 14.4. The molecule has 2 unspecified atom stereocenters. The Bertz CT molecular complexity index is 1110. The van der Waals surface area contributed by atoms with Gasteiger partial charge in [0, 0.05) is 32.7 Å². The number of amides is 4. The second-order valence-corrected chi connectivity index (χ2v) is 13.3. The highest BCUT2D eigenvalue weighted by atomic mass is 16.5. The number of nitrogens with one attached hydrogen (secondary N) is 1. The van der Waals surface area contributed by atoms with Crippen molar-refractivity contribution in [2.24, 2.45) is 5.73 Å². The molecule has 1 aromatic carbocycles. The van der Waals surface area contributed by atoms with E-state index in [2.05, 4.69) is 39.9 Å². The number of carbonyl (C=O) groups excluding carboxylic acids is 4. The van der Waals surface area contributed by atoms with Crippen LogP contribution in [0.4, 0.5) is 0 Å². The zero-order chi connectivity index (χ0) is 37.1. The maximum atomic E-state index is 13.8. The lowest BCUT2D eigenvalue weighted by atomic mass is 10.1. The van der Waals surface area contributed by atoms with E-state index in [1.165, 1.54) is 0 Å². The Hall–Kier alpha value is -3.18. The number of hydrogen-bond donors (Lipinski definition) is 2. The molecule has 0 spiro atoms. The fourth-order valence-corrected chi connectivity index (χ4v) is 5.49. The molecule has 0 bridgehead atoms. The minimum Gasteiger partial charge on any atom is -0.491 e. The third-order valence-corrected chi connectivity index (χ3v) is 8.43. The molecule has 0 aliphatic carbocycles. The van der Waals surface area contributed by atoms with Crippen molar-refractivity contribution >= 4 is 23.6 Å². The first-order valence-corrected chi connectivity index (χ1v) is 19.2. The molecule has 3 N–H and O–H groups in total. The van der Waals surface area contributed by atoms with Crippen molar-refractivity contribution in [3.8, 4) is 5.75 Å². The molecule has 1 rings (SSSR count). The van der Waals surface area contributed by atoms with Crippen molar-refractivity contribution in [1.82, 2.24) is 15.1 Å². The lowest BCUT2D eigenvalue weighted by Gasteiger charge is -2.28. The zero-order valence-corrected chi connectivity index (χ0v) is 32.1. The summed E-state index contributed by atoms with van der Waals surface area (Å²) in [6.07, 6.45) is 11.3. The molecule has 11 nitrogen and oxygen atoms in total. The van der Waals surface area contributed by atoms with Crippen molar-refractivity contribution in [3.63, 3.8) is 0 Å². The molecule has 0 aliphatic heterocycles. The van der Waals surface area contributed by atoms with Gasteiger partial charge in [-0.05, 0) is 68.7 Å². The lowest BCUT2D eigenvalue weighted by molar-refractivity contribution is -0.147. The van der Waals surface area contributed by atoms with Crippen LogP contribution in [0.5, 0.6) is 5.75 Å². The largest absolute Gasteiger partial charge is 0.491 e. The molecule has 0 heterocycles. The molecule has 0 saturated carbocycles. The molecule has 2 atom stereocenters. The second kappa shape index (κ2) is 27.5. The molecule has 50 heavy (non-hydrogen) atoms. The molecule has 0 radical (unpaired) electrons. The van der Waals surface area contributed by atoms with Crippen LogP contribution in [0.15, 0.2) is 18.2 Å². The minimum absolute atomic E-state index is 0.00199. The van der Waals surface area contributed by atoms with E-state index in [1.54, 1.807) is 4.90 Å². The summed E-state index contributed by atoms with van der Waals surface area (Å²) in [5, 5.41) is 2.91. The summed E-state index contributed by atoms with van der Waals surface area (Å²) in [4.78, 5) is 54.4. The SMILES string of the molecule is CCCCCC(C)Oc1cc(CNC(=O)COCC(=O)N(CCCC)CCCC)cc(CN(CCCC)C(=O)C(CCCC)OCC(N)=O)c1. The fourth-order valence-electron chi connectivity index (χ4n) is 5.49. The van der Waals surface area contributed by atoms with Crippen LogP contribution in [0.3, 0.4) is 0 Å². The first kappa shape index (κ1) is 44.8. The molecule has 0 saturated heterocycles. The van der Waals surface area contributed by atoms with E-state index in [0.717, 1.165) is 88.2 Å². The number of nitrogens with zero attached hydrogens (tertiary/aromatic N) is 2. The van der Waals surface area contributed by atoms with Crippen molar-refractivity contribution < 1.29 is 33.4 Å². The van der Waals surface area contributed by atoms with Crippen LogP contribution in [-0.2, 0) is 41.7 Å². The third-order valence-electron chi connectivity index (χ3n) is 8.43. The van der Waals surface area contributed by atoms with Gasteiger partial charge in [-0.15, -0.1) is 0 Å². The van der Waals surface area contributed by atoms with E-state index in [9.17, 15) is 19.2 Å². The predicted octanol–water partition coefficient (Wildman–Crippen LogP) is 6.29.